The molecule has 0 aliphatic heterocycles. The fraction of sp³-hybridized carbons (Fsp3) is 0.857. The highest BCUT2D eigenvalue weighted by atomic mass is 16.5. The van der Waals surface area contributed by atoms with E-state index in [0.717, 1.165) is 57.8 Å². The van der Waals surface area contributed by atoms with Crippen LogP contribution in [0.25, 0.3) is 0 Å². The van der Waals surface area contributed by atoms with Crippen LogP contribution in [0.4, 0.5) is 0 Å². The Kier molecular flexibility index (Phi) is 63.5. The molecule has 1 amide bonds. The zero-order valence-electron chi connectivity index (χ0n) is 51.0. The van der Waals surface area contributed by atoms with Gasteiger partial charge in [-0.2, -0.15) is 0 Å². The Morgan fingerprint density at radius 2 is 0.658 bits per heavy atom. The summed E-state index contributed by atoms with van der Waals surface area (Å²) in [6, 6.07) is -0.540. The SMILES string of the molecule is CCCCCC/C=C\C/C=C\CCCCCCCCCC(=O)OCCCCCCCCCCC/C=C\C/C=C\CCCCCCCCCCCCCCCCCC(=O)NC(CO)C(O)CCCCCCCCCCCC. The first-order chi connectivity index (χ1) is 37.5. The van der Waals surface area contributed by atoms with Crippen molar-refractivity contribution in [2.24, 2.45) is 0 Å². The van der Waals surface area contributed by atoms with Gasteiger partial charge in [0.05, 0.1) is 25.4 Å². The van der Waals surface area contributed by atoms with Gasteiger partial charge in [0.2, 0.25) is 5.91 Å². The van der Waals surface area contributed by atoms with Crippen LogP contribution in [-0.2, 0) is 14.3 Å². The van der Waals surface area contributed by atoms with Gasteiger partial charge in [-0.25, -0.2) is 0 Å². The number of carbonyl (C=O) groups is 2. The summed E-state index contributed by atoms with van der Waals surface area (Å²) in [5.74, 6) is -0.0296. The minimum Gasteiger partial charge on any atom is -0.466 e. The summed E-state index contributed by atoms with van der Waals surface area (Å²) >= 11 is 0. The lowest BCUT2D eigenvalue weighted by Gasteiger charge is -2.22. The maximum Gasteiger partial charge on any atom is 0.305 e. The first kappa shape index (κ1) is 73.8. The molecule has 0 heterocycles. The van der Waals surface area contributed by atoms with Crippen LogP contribution < -0.4 is 5.32 Å². The lowest BCUT2D eigenvalue weighted by molar-refractivity contribution is -0.143. The second-order valence-corrected chi connectivity index (χ2v) is 23.1. The molecule has 0 aromatic rings. The van der Waals surface area contributed by atoms with Gasteiger partial charge in [-0.15, -0.1) is 0 Å². The molecular formula is C70H131NO5. The number of ether oxygens (including phenoxy) is 1. The average molecular weight is 1070 g/mol. The first-order valence-corrected chi connectivity index (χ1v) is 33.9. The molecule has 6 nitrogen and oxygen atoms in total. The van der Waals surface area contributed by atoms with Crippen LogP contribution in [0.2, 0.25) is 0 Å². The number of unbranched alkanes of at least 4 members (excludes halogenated alkanes) is 44. The summed E-state index contributed by atoms with van der Waals surface area (Å²) in [4.78, 5) is 24.5. The molecular weight excluding hydrogens is 935 g/mol. The van der Waals surface area contributed by atoms with Crippen LogP contribution in [0.15, 0.2) is 48.6 Å². The van der Waals surface area contributed by atoms with Gasteiger partial charge in [-0.05, 0) is 89.9 Å². The van der Waals surface area contributed by atoms with Crippen LogP contribution in [0, 0.1) is 0 Å². The third kappa shape index (κ3) is 61.0. The van der Waals surface area contributed by atoms with Crippen molar-refractivity contribution in [3.63, 3.8) is 0 Å². The van der Waals surface area contributed by atoms with Crippen molar-refractivity contribution >= 4 is 11.9 Å². The van der Waals surface area contributed by atoms with Gasteiger partial charge in [0.15, 0.2) is 0 Å². The van der Waals surface area contributed by atoms with Gasteiger partial charge >= 0.3 is 5.97 Å². The Hall–Kier alpha value is -2.18. The highest BCUT2D eigenvalue weighted by molar-refractivity contribution is 5.76. The summed E-state index contributed by atoms with van der Waals surface area (Å²) in [6.07, 6.45) is 84.4. The van der Waals surface area contributed by atoms with Gasteiger partial charge in [0, 0.05) is 12.8 Å². The summed E-state index contributed by atoms with van der Waals surface area (Å²) in [6.45, 7) is 4.93. The van der Waals surface area contributed by atoms with Crippen molar-refractivity contribution in [3.8, 4) is 0 Å². The Labute approximate surface area is 474 Å². The number of rotatable bonds is 63. The van der Waals surface area contributed by atoms with E-state index in [4.69, 9.17) is 4.74 Å². The number of aliphatic hydroxyl groups excluding tert-OH is 2. The van der Waals surface area contributed by atoms with Crippen LogP contribution in [0.3, 0.4) is 0 Å². The van der Waals surface area contributed by atoms with Crippen LogP contribution in [0.1, 0.15) is 361 Å². The fourth-order valence-corrected chi connectivity index (χ4v) is 10.4. The van der Waals surface area contributed by atoms with Gasteiger partial charge < -0.3 is 20.3 Å². The number of hydrogen-bond acceptors (Lipinski definition) is 5. The smallest absolute Gasteiger partial charge is 0.305 e. The molecule has 0 aliphatic carbocycles. The molecule has 0 saturated carbocycles. The van der Waals surface area contributed by atoms with Crippen LogP contribution >= 0.6 is 0 Å². The average Bonchev–Trinajstić information content (AvgIpc) is 3.42. The Morgan fingerprint density at radius 3 is 1.01 bits per heavy atom. The van der Waals surface area contributed by atoms with Crippen LogP contribution in [-0.4, -0.2) is 47.4 Å². The number of nitrogens with one attached hydrogen (secondary N) is 1. The standard InChI is InChI=1S/C70H131NO5/c1-3-5-7-9-11-13-15-16-17-18-35-38-41-44-48-52-56-60-64-70(75)76-65-61-57-53-49-45-42-39-36-33-31-29-27-25-23-21-19-20-22-24-26-28-30-32-34-37-40-43-47-51-55-59-63-69(74)71-67(66-72)68(73)62-58-54-50-46-14-12-10-8-6-4-2/h13,15,17-18,21,23,27,29,67-68,72-73H,3-12,14,16,19-20,22,24-26,28,30-66H2,1-2H3,(H,71,74)/b15-13-,18-17-,23-21-,29-27-. The molecule has 0 spiro atoms. The van der Waals surface area contributed by atoms with Crippen molar-refractivity contribution in [2.75, 3.05) is 13.2 Å². The number of hydrogen-bond donors (Lipinski definition) is 3. The van der Waals surface area contributed by atoms with Crippen molar-refractivity contribution in [1.82, 2.24) is 5.32 Å². The largest absolute Gasteiger partial charge is 0.466 e. The summed E-state index contributed by atoms with van der Waals surface area (Å²) in [5, 5.41) is 23.2. The Morgan fingerprint density at radius 1 is 0.368 bits per heavy atom. The van der Waals surface area contributed by atoms with E-state index in [9.17, 15) is 19.8 Å². The summed E-state index contributed by atoms with van der Waals surface area (Å²) < 4.78 is 5.49. The summed E-state index contributed by atoms with van der Waals surface area (Å²) in [7, 11) is 0. The quantitative estimate of drug-likeness (QED) is 0.0320. The number of carbonyl (C=O) groups excluding carboxylic acids is 2. The first-order valence-electron chi connectivity index (χ1n) is 33.9. The topological polar surface area (TPSA) is 95.9 Å². The molecule has 0 aliphatic rings. The molecule has 0 rings (SSSR count). The number of esters is 1. The molecule has 76 heavy (non-hydrogen) atoms. The number of aliphatic hydroxyl groups is 2. The monoisotopic (exact) mass is 1070 g/mol. The van der Waals surface area contributed by atoms with Crippen LogP contribution in [0.5, 0.6) is 0 Å². The second-order valence-electron chi connectivity index (χ2n) is 23.1. The predicted molar refractivity (Wildman–Crippen MR) is 333 cm³/mol. The highest BCUT2D eigenvalue weighted by Crippen LogP contribution is 2.18. The lowest BCUT2D eigenvalue weighted by atomic mass is 10.0. The maximum absolute atomic E-state index is 12.4. The zero-order valence-corrected chi connectivity index (χ0v) is 51.0. The summed E-state index contributed by atoms with van der Waals surface area (Å²) in [5.41, 5.74) is 0. The van der Waals surface area contributed by atoms with Gasteiger partial charge in [0.1, 0.15) is 0 Å². The molecule has 0 fully saturated rings. The van der Waals surface area contributed by atoms with Crippen molar-refractivity contribution < 1.29 is 24.5 Å². The van der Waals surface area contributed by atoms with E-state index in [1.54, 1.807) is 0 Å². The molecule has 0 saturated heterocycles. The van der Waals surface area contributed by atoms with Gasteiger partial charge in [0.25, 0.3) is 0 Å². The molecule has 2 atom stereocenters. The van der Waals surface area contributed by atoms with E-state index in [-0.39, 0.29) is 18.5 Å². The number of amides is 1. The van der Waals surface area contributed by atoms with E-state index in [1.165, 1.54) is 270 Å². The zero-order chi connectivity index (χ0) is 55.0. The second kappa shape index (κ2) is 65.3. The van der Waals surface area contributed by atoms with Crippen molar-refractivity contribution in [2.45, 2.75) is 373 Å². The van der Waals surface area contributed by atoms with Gasteiger partial charge in [-0.3, -0.25) is 9.59 Å². The third-order valence-electron chi connectivity index (χ3n) is 15.6. The van der Waals surface area contributed by atoms with E-state index >= 15 is 0 Å². The minimum absolute atomic E-state index is 0.00574. The van der Waals surface area contributed by atoms with E-state index in [0.29, 0.717) is 25.9 Å². The van der Waals surface area contributed by atoms with E-state index < -0.39 is 12.1 Å². The number of allylic oxidation sites excluding steroid dienone is 8. The molecule has 0 bridgehead atoms. The molecule has 0 aromatic heterocycles. The molecule has 0 radical (unpaired) electrons. The van der Waals surface area contributed by atoms with Crippen molar-refractivity contribution in [3.05, 3.63) is 48.6 Å². The molecule has 6 heteroatoms. The molecule has 446 valence electrons. The molecule has 2 unspecified atom stereocenters. The predicted octanol–water partition coefficient (Wildman–Crippen LogP) is 21.7. The van der Waals surface area contributed by atoms with E-state index in [1.807, 2.05) is 0 Å². The lowest BCUT2D eigenvalue weighted by Crippen LogP contribution is -2.45. The van der Waals surface area contributed by atoms with E-state index in [2.05, 4.69) is 67.8 Å². The minimum atomic E-state index is -0.662. The maximum atomic E-state index is 12.4. The molecule has 0 aromatic carbocycles. The molecule has 3 N–H and O–H groups in total. The Bertz CT molecular complexity index is 1270. The Balaban J connectivity index is 3.37. The van der Waals surface area contributed by atoms with Crippen molar-refractivity contribution in [1.29, 1.82) is 0 Å². The third-order valence-corrected chi connectivity index (χ3v) is 15.6. The normalized spacial score (nSPS) is 12.8. The highest BCUT2D eigenvalue weighted by Gasteiger charge is 2.20. The van der Waals surface area contributed by atoms with Gasteiger partial charge in [-0.1, -0.05) is 306 Å². The fourth-order valence-electron chi connectivity index (χ4n) is 10.4.